The number of benzene rings is 1. The van der Waals surface area contributed by atoms with E-state index in [0.29, 0.717) is 24.2 Å². The van der Waals surface area contributed by atoms with Gasteiger partial charge in [-0.05, 0) is 44.7 Å². The zero-order valence-electron chi connectivity index (χ0n) is 12.0. The average molecular weight is 270 g/mol. The van der Waals surface area contributed by atoms with Crippen LogP contribution in [0.3, 0.4) is 0 Å². The summed E-state index contributed by atoms with van der Waals surface area (Å²) in [5.74, 6) is 1.10. The summed E-state index contributed by atoms with van der Waals surface area (Å²) in [7, 11) is 0. The molecule has 106 valence electrons. The van der Waals surface area contributed by atoms with E-state index < -0.39 is 0 Å². The summed E-state index contributed by atoms with van der Waals surface area (Å²) in [5.41, 5.74) is 7.16. The molecule has 2 aliphatic rings. The highest BCUT2D eigenvalue weighted by Gasteiger charge is 2.42. The van der Waals surface area contributed by atoms with Crippen LogP contribution in [0.2, 0.25) is 0 Å². The van der Waals surface area contributed by atoms with Crippen LogP contribution in [0.5, 0.6) is 0 Å². The Bertz CT molecular complexity index is 573. The van der Waals surface area contributed by atoms with E-state index in [9.17, 15) is 0 Å². The molecule has 3 heteroatoms. The van der Waals surface area contributed by atoms with Gasteiger partial charge in [0.15, 0.2) is 0 Å². The largest absolute Gasteiger partial charge is 0.459 e. The average Bonchev–Trinajstić information content (AvgIpc) is 2.98. The number of nitrogens with zero attached hydrogens (tertiary/aromatic N) is 1. The van der Waals surface area contributed by atoms with Gasteiger partial charge in [-0.2, -0.15) is 0 Å². The summed E-state index contributed by atoms with van der Waals surface area (Å²) in [4.78, 5) is 2.65. The molecule has 0 spiro atoms. The van der Waals surface area contributed by atoms with Gasteiger partial charge in [0, 0.05) is 23.5 Å². The van der Waals surface area contributed by atoms with E-state index >= 15 is 0 Å². The molecular formula is C17H22N2O. The summed E-state index contributed by atoms with van der Waals surface area (Å²) >= 11 is 0. The van der Waals surface area contributed by atoms with Crippen molar-refractivity contribution >= 4 is 11.0 Å². The summed E-state index contributed by atoms with van der Waals surface area (Å²) in [6.45, 7) is 2.28. The van der Waals surface area contributed by atoms with E-state index in [1.807, 2.05) is 12.1 Å². The zero-order valence-corrected chi connectivity index (χ0v) is 12.0. The Hall–Kier alpha value is -1.32. The fourth-order valence-corrected chi connectivity index (χ4v) is 4.24. The molecule has 0 amide bonds. The lowest BCUT2D eigenvalue weighted by atomic mass is 9.96. The Labute approximate surface area is 119 Å². The smallest absolute Gasteiger partial charge is 0.134 e. The molecule has 0 aliphatic carbocycles. The third-order valence-corrected chi connectivity index (χ3v) is 5.13. The van der Waals surface area contributed by atoms with Gasteiger partial charge < -0.3 is 10.2 Å². The van der Waals surface area contributed by atoms with Crippen molar-refractivity contribution in [2.24, 2.45) is 5.73 Å². The van der Waals surface area contributed by atoms with Gasteiger partial charge in [-0.15, -0.1) is 0 Å². The van der Waals surface area contributed by atoms with E-state index in [1.165, 1.54) is 18.2 Å². The minimum Gasteiger partial charge on any atom is -0.459 e. The predicted octanol–water partition coefficient (Wildman–Crippen LogP) is 3.45. The molecule has 2 fully saturated rings. The summed E-state index contributed by atoms with van der Waals surface area (Å²) in [5, 5.41) is 1.20. The molecule has 20 heavy (non-hydrogen) atoms. The molecule has 2 saturated heterocycles. The van der Waals surface area contributed by atoms with E-state index in [0.717, 1.165) is 24.2 Å². The summed E-state index contributed by atoms with van der Waals surface area (Å²) in [6, 6.07) is 12.5. The maximum Gasteiger partial charge on any atom is 0.134 e. The Morgan fingerprint density at radius 3 is 2.60 bits per heavy atom. The molecule has 3 heterocycles. The molecule has 3 atom stereocenters. The fourth-order valence-electron chi connectivity index (χ4n) is 4.24. The van der Waals surface area contributed by atoms with E-state index in [-0.39, 0.29) is 0 Å². The molecule has 3 nitrogen and oxygen atoms in total. The predicted molar refractivity (Wildman–Crippen MR) is 80.5 cm³/mol. The van der Waals surface area contributed by atoms with Crippen molar-refractivity contribution in [2.75, 3.05) is 0 Å². The van der Waals surface area contributed by atoms with Gasteiger partial charge in [-0.3, -0.25) is 4.90 Å². The first-order valence-electron chi connectivity index (χ1n) is 7.74. The molecule has 2 aliphatic heterocycles. The van der Waals surface area contributed by atoms with Crippen molar-refractivity contribution in [1.82, 2.24) is 4.90 Å². The van der Waals surface area contributed by atoms with E-state index in [2.05, 4.69) is 30.0 Å². The Morgan fingerprint density at radius 1 is 1.20 bits per heavy atom. The standard InChI is InChI=1S/C17H22N2O/c1-11(17-8-12-4-2-3-5-16(12)20-17)19-14-6-7-15(19)10-13(18)9-14/h2-5,8,11,13-15H,6-7,9-10,18H2,1H3. The highest BCUT2D eigenvalue weighted by atomic mass is 16.3. The maximum absolute atomic E-state index is 6.17. The third-order valence-electron chi connectivity index (χ3n) is 5.13. The first-order valence-corrected chi connectivity index (χ1v) is 7.74. The first kappa shape index (κ1) is 12.4. The van der Waals surface area contributed by atoms with Gasteiger partial charge in [0.05, 0.1) is 6.04 Å². The first-order chi connectivity index (χ1) is 9.72. The number of nitrogens with two attached hydrogens (primary N) is 1. The lowest BCUT2D eigenvalue weighted by Crippen LogP contribution is -2.48. The van der Waals surface area contributed by atoms with Crippen molar-refractivity contribution < 1.29 is 4.42 Å². The molecule has 1 aromatic heterocycles. The number of hydrogen-bond donors (Lipinski definition) is 1. The van der Waals surface area contributed by atoms with Crippen LogP contribution in [0.4, 0.5) is 0 Å². The molecule has 4 rings (SSSR count). The van der Waals surface area contributed by atoms with Crippen LogP contribution in [-0.2, 0) is 0 Å². The van der Waals surface area contributed by atoms with Gasteiger partial charge in [-0.25, -0.2) is 0 Å². The number of rotatable bonds is 2. The molecule has 2 aromatic rings. The second kappa shape index (κ2) is 4.61. The highest BCUT2D eigenvalue weighted by molar-refractivity contribution is 5.77. The van der Waals surface area contributed by atoms with Crippen molar-refractivity contribution in [3.05, 3.63) is 36.1 Å². The number of hydrogen-bond acceptors (Lipinski definition) is 3. The van der Waals surface area contributed by atoms with Crippen LogP contribution in [0, 0.1) is 0 Å². The quantitative estimate of drug-likeness (QED) is 0.909. The van der Waals surface area contributed by atoms with Crippen molar-refractivity contribution in [3.8, 4) is 0 Å². The Morgan fingerprint density at radius 2 is 1.90 bits per heavy atom. The van der Waals surface area contributed by atoms with E-state index in [4.69, 9.17) is 10.2 Å². The van der Waals surface area contributed by atoms with Gasteiger partial charge >= 0.3 is 0 Å². The molecule has 2 N–H and O–H groups in total. The molecule has 0 saturated carbocycles. The SMILES string of the molecule is CC(c1cc2ccccc2o1)N1C2CCC1CC(N)C2. The van der Waals surface area contributed by atoms with Crippen LogP contribution in [0.1, 0.15) is 44.4 Å². The van der Waals surface area contributed by atoms with Gasteiger partial charge in [0.25, 0.3) is 0 Å². The van der Waals surface area contributed by atoms with Crippen molar-refractivity contribution in [3.63, 3.8) is 0 Å². The number of para-hydroxylation sites is 1. The lowest BCUT2D eigenvalue weighted by molar-refractivity contribution is 0.0756. The number of fused-ring (bicyclic) bond motifs is 3. The summed E-state index contributed by atoms with van der Waals surface area (Å²) in [6.07, 6.45) is 4.87. The van der Waals surface area contributed by atoms with Crippen LogP contribution in [-0.4, -0.2) is 23.0 Å². The minimum absolute atomic E-state index is 0.354. The van der Waals surface area contributed by atoms with Gasteiger partial charge in [-0.1, -0.05) is 18.2 Å². The van der Waals surface area contributed by atoms with Crippen molar-refractivity contribution in [1.29, 1.82) is 0 Å². The van der Waals surface area contributed by atoms with Crippen LogP contribution >= 0.6 is 0 Å². The second-order valence-electron chi connectivity index (χ2n) is 6.43. The molecule has 3 unspecified atom stereocenters. The van der Waals surface area contributed by atoms with Gasteiger partial charge in [0.1, 0.15) is 11.3 Å². The third kappa shape index (κ3) is 1.88. The molecule has 1 aromatic carbocycles. The highest BCUT2D eigenvalue weighted by Crippen LogP contribution is 2.41. The normalized spacial score (nSPS) is 31.8. The van der Waals surface area contributed by atoms with Crippen LogP contribution in [0.25, 0.3) is 11.0 Å². The minimum atomic E-state index is 0.354. The molecular weight excluding hydrogens is 248 g/mol. The second-order valence-corrected chi connectivity index (χ2v) is 6.43. The topological polar surface area (TPSA) is 42.4 Å². The molecule has 0 radical (unpaired) electrons. The Balaban J connectivity index is 1.65. The van der Waals surface area contributed by atoms with Crippen LogP contribution < -0.4 is 5.73 Å². The van der Waals surface area contributed by atoms with Crippen LogP contribution in [0.15, 0.2) is 34.7 Å². The lowest BCUT2D eigenvalue weighted by Gasteiger charge is -2.40. The Kier molecular flexibility index (Phi) is 2.86. The number of furan rings is 1. The summed E-state index contributed by atoms with van der Waals surface area (Å²) < 4.78 is 6.06. The monoisotopic (exact) mass is 270 g/mol. The molecule has 2 bridgehead atoms. The zero-order chi connectivity index (χ0) is 13.7. The fraction of sp³-hybridized carbons (Fsp3) is 0.529. The van der Waals surface area contributed by atoms with E-state index in [1.54, 1.807) is 0 Å². The van der Waals surface area contributed by atoms with Crippen molar-refractivity contribution in [2.45, 2.75) is 56.8 Å². The maximum atomic E-state index is 6.17. The number of piperidine rings is 1. The van der Waals surface area contributed by atoms with Gasteiger partial charge in [0.2, 0.25) is 0 Å².